The Hall–Kier alpha value is -3.01. The third-order valence-corrected chi connectivity index (χ3v) is 4.19. The van der Waals surface area contributed by atoms with E-state index in [0.717, 1.165) is 0 Å². The number of carbonyl (C=O) groups is 3. The molecule has 0 radical (unpaired) electrons. The van der Waals surface area contributed by atoms with E-state index in [4.69, 9.17) is 0 Å². The molecule has 1 fully saturated rings. The van der Waals surface area contributed by atoms with Gasteiger partial charge in [-0.1, -0.05) is 12.1 Å². The zero-order valence-electron chi connectivity index (χ0n) is 14.0. The molecular weight excluding hydrogens is 346 g/mol. The third-order valence-electron chi connectivity index (χ3n) is 4.19. The number of likely N-dealkylation sites (tertiary alicyclic amines) is 1. The van der Waals surface area contributed by atoms with Crippen LogP contribution in [0.25, 0.3) is 0 Å². The number of non-ortho nitro benzene ring substituents is 1. The summed E-state index contributed by atoms with van der Waals surface area (Å²) in [4.78, 5) is 46.7. The van der Waals surface area contributed by atoms with Crippen molar-refractivity contribution in [3.8, 4) is 0 Å². The molecule has 1 aromatic carbocycles. The molecule has 10 nitrogen and oxygen atoms in total. The fraction of sp³-hybridized carbons (Fsp3) is 0.438. The smallest absolute Gasteiger partial charge is 0.326 e. The van der Waals surface area contributed by atoms with Crippen LogP contribution in [0, 0.1) is 10.1 Å². The van der Waals surface area contributed by atoms with Crippen molar-refractivity contribution in [2.45, 2.75) is 38.0 Å². The number of hydrogen-bond acceptors (Lipinski definition) is 6. The number of carboxylic acid groups (broad SMARTS) is 1. The van der Waals surface area contributed by atoms with Crippen molar-refractivity contribution in [3.05, 3.63) is 39.9 Å². The maximum Gasteiger partial charge on any atom is 0.326 e. The lowest BCUT2D eigenvalue weighted by Crippen LogP contribution is -2.51. The van der Waals surface area contributed by atoms with Gasteiger partial charge in [0.2, 0.25) is 11.8 Å². The molecule has 0 bridgehead atoms. The summed E-state index contributed by atoms with van der Waals surface area (Å²) in [5.41, 5.74) is 0.375. The van der Waals surface area contributed by atoms with Crippen molar-refractivity contribution in [3.63, 3.8) is 0 Å². The van der Waals surface area contributed by atoms with Gasteiger partial charge in [0, 0.05) is 38.4 Å². The summed E-state index contributed by atoms with van der Waals surface area (Å²) >= 11 is 0. The standard InChI is InChI=1S/C16H19N3O7/c1-9(20)18-8-12(21)7-14(18)15(22)17-13(16(23)24)6-10-2-4-11(5-3-10)19(25)26/h2-5,12-14,21H,6-8H2,1H3,(H,17,22)(H,23,24)/t12-,13-,14+/m1/s1. The molecule has 0 aromatic heterocycles. The minimum absolute atomic E-state index is 0.0213. The van der Waals surface area contributed by atoms with Crippen molar-refractivity contribution < 1.29 is 29.5 Å². The molecule has 1 aromatic rings. The minimum atomic E-state index is -1.27. The van der Waals surface area contributed by atoms with Crippen molar-refractivity contribution in [1.29, 1.82) is 0 Å². The molecule has 0 aliphatic carbocycles. The molecule has 0 saturated carbocycles. The lowest BCUT2D eigenvalue weighted by Gasteiger charge is -2.24. The van der Waals surface area contributed by atoms with E-state index in [2.05, 4.69) is 5.32 Å². The first kappa shape index (κ1) is 19.3. The van der Waals surface area contributed by atoms with Crippen molar-refractivity contribution in [2.75, 3.05) is 6.54 Å². The number of nitrogens with one attached hydrogen (secondary N) is 1. The van der Waals surface area contributed by atoms with E-state index in [1.165, 1.54) is 36.1 Å². The molecule has 1 aliphatic rings. The Kier molecular flexibility index (Phi) is 5.88. The SMILES string of the molecule is CC(=O)N1C[C@H](O)C[C@H]1C(=O)N[C@H](Cc1ccc([N+](=O)[O-])cc1)C(=O)O. The number of aliphatic hydroxyl groups is 1. The van der Waals surface area contributed by atoms with E-state index >= 15 is 0 Å². The topological polar surface area (TPSA) is 150 Å². The number of benzene rings is 1. The summed E-state index contributed by atoms with van der Waals surface area (Å²) < 4.78 is 0. The van der Waals surface area contributed by atoms with Gasteiger partial charge in [-0.05, 0) is 5.56 Å². The Morgan fingerprint density at radius 1 is 1.35 bits per heavy atom. The number of nitrogens with zero attached hydrogens (tertiary/aromatic N) is 2. The average molecular weight is 365 g/mol. The molecule has 140 valence electrons. The van der Waals surface area contributed by atoms with Crippen molar-refractivity contribution >= 4 is 23.5 Å². The predicted molar refractivity (Wildman–Crippen MR) is 88.2 cm³/mol. The minimum Gasteiger partial charge on any atom is -0.480 e. The molecule has 1 saturated heterocycles. The molecule has 1 heterocycles. The van der Waals surface area contributed by atoms with Gasteiger partial charge >= 0.3 is 5.97 Å². The second-order valence-electron chi connectivity index (χ2n) is 6.10. The molecular formula is C16H19N3O7. The maximum atomic E-state index is 12.4. The van der Waals surface area contributed by atoms with Gasteiger partial charge in [-0.25, -0.2) is 4.79 Å². The molecule has 0 spiro atoms. The van der Waals surface area contributed by atoms with Crippen LogP contribution in [0.2, 0.25) is 0 Å². The van der Waals surface area contributed by atoms with E-state index < -0.39 is 35.0 Å². The van der Waals surface area contributed by atoms with E-state index in [0.29, 0.717) is 5.56 Å². The fourth-order valence-electron chi connectivity index (χ4n) is 2.87. The zero-order chi connectivity index (χ0) is 19.4. The van der Waals surface area contributed by atoms with E-state index in [-0.39, 0.29) is 31.0 Å². The summed E-state index contributed by atoms with van der Waals surface area (Å²) in [6.07, 6.45) is -0.878. The van der Waals surface area contributed by atoms with Crippen LogP contribution in [0.5, 0.6) is 0 Å². The highest BCUT2D eigenvalue weighted by Crippen LogP contribution is 2.19. The summed E-state index contributed by atoms with van der Waals surface area (Å²) in [5, 5.41) is 32.0. The van der Waals surface area contributed by atoms with Gasteiger partial charge in [0.25, 0.3) is 5.69 Å². The molecule has 0 unspecified atom stereocenters. The van der Waals surface area contributed by atoms with E-state index in [1.807, 2.05) is 0 Å². The van der Waals surface area contributed by atoms with E-state index in [9.17, 15) is 34.7 Å². The van der Waals surface area contributed by atoms with Gasteiger partial charge in [0.1, 0.15) is 12.1 Å². The number of rotatable bonds is 6. The lowest BCUT2D eigenvalue weighted by atomic mass is 10.0. The van der Waals surface area contributed by atoms with Crippen LogP contribution in [0.1, 0.15) is 18.9 Å². The number of aliphatic carboxylic acids is 1. The maximum absolute atomic E-state index is 12.4. The van der Waals surface area contributed by atoms with Crippen LogP contribution in [0.4, 0.5) is 5.69 Å². The molecule has 3 atom stereocenters. The predicted octanol–water partition coefficient (Wildman–Crippen LogP) is -0.312. The lowest BCUT2D eigenvalue weighted by molar-refractivity contribution is -0.384. The van der Waals surface area contributed by atoms with Crippen LogP contribution in [-0.2, 0) is 20.8 Å². The monoisotopic (exact) mass is 365 g/mol. The Balaban J connectivity index is 2.07. The van der Waals surface area contributed by atoms with Crippen LogP contribution >= 0.6 is 0 Å². The Labute approximate surface area is 148 Å². The Morgan fingerprint density at radius 3 is 2.46 bits per heavy atom. The highest BCUT2D eigenvalue weighted by Gasteiger charge is 2.38. The largest absolute Gasteiger partial charge is 0.480 e. The number of amides is 2. The van der Waals surface area contributed by atoms with Crippen LogP contribution in [-0.4, -0.2) is 62.6 Å². The van der Waals surface area contributed by atoms with Crippen LogP contribution in [0.15, 0.2) is 24.3 Å². The summed E-state index contributed by atoms with van der Waals surface area (Å²) in [5.74, 6) is -2.32. The molecule has 26 heavy (non-hydrogen) atoms. The highest BCUT2D eigenvalue weighted by atomic mass is 16.6. The summed E-state index contributed by atoms with van der Waals surface area (Å²) in [6, 6.07) is 3.14. The van der Waals surface area contributed by atoms with Crippen LogP contribution in [0.3, 0.4) is 0 Å². The summed E-state index contributed by atoms with van der Waals surface area (Å²) in [7, 11) is 0. The van der Waals surface area contributed by atoms with Crippen molar-refractivity contribution in [2.24, 2.45) is 0 Å². The average Bonchev–Trinajstić information content (AvgIpc) is 2.97. The van der Waals surface area contributed by atoms with E-state index in [1.54, 1.807) is 0 Å². The van der Waals surface area contributed by atoms with Gasteiger partial charge in [-0.3, -0.25) is 19.7 Å². The first-order valence-corrected chi connectivity index (χ1v) is 7.90. The van der Waals surface area contributed by atoms with Gasteiger partial charge in [0.05, 0.1) is 11.0 Å². The van der Waals surface area contributed by atoms with Gasteiger partial charge in [-0.2, -0.15) is 0 Å². The summed E-state index contributed by atoms with van der Waals surface area (Å²) in [6.45, 7) is 1.29. The number of hydrogen-bond donors (Lipinski definition) is 3. The molecule has 2 rings (SSSR count). The number of carbonyl (C=O) groups excluding carboxylic acids is 2. The quantitative estimate of drug-likeness (QED) is 0.462. The Morgan fingerprint density at radius 2 is 1.96 bits per heavy atom. The number of carboxylic acids is 1. The van der Waals surface area contributed by atoms with Crippen LogP contribution < -0.4 is 5.32 Å². The number of β-amino-alcohol motifs (C(OH)–C–C–N with tert-alkyl or cyclic N) is 1. The first-order valence-electron chi connectivity index (χ1n) is 7.90. The first-order chi connectivity index (χ1) is 12.2. The number of aliphatic hydroxyl groups excluding tert-OH is 1. The highest BCUT2D eigenvalue weighted by molar-refractivity contribution is 5.90. The molecule has 3 N–H and O–H groups in total. The van der Waals surface area contributed by atoms with Gasteiger partial charge in [-0.15, -0.1) is 0 Å². The van der Waals surface area contributed by atoms with Gasteiger partial charge in [0.15, 0.2) is 0 Å². The van der Waals surface area contributed by atoms with Gasteiger partial charge < -0.3 is 20.4 Å². The normalized spacial score (nSPS) is 20.5. The molecule has 1 aliphatic heterocycles. The second kappa shape index (κ2) is 7.91. The Bertz CT molecular complexity index is 719. The zero-order valence-corrected chi connectivity index (χ0v) is 14.0. The van der Waals surface area contributed by atoms with Crippen molar-refractivity contribution in [1.82, 2.24) is 10.2 Å². The second-order valence-corrected chi connectivity index (χ2v) is 6.10. The molecule has 10 heteroatoms. The fourth-order valence-corrected chi connectivity index (χ4v) is 2.87. The number of nitro groups is 1. The number of nitro benzene ring substituents is 1. The molecule has 2 amide bonds. The third kappa shape index (κ3) is 4.54.